The number of benzene rings is 1. The topological polar surface area (TPSA) is 41.7 Å². The number of hydrogen-bond acceptors (Lipinski definition) is 4. The monoisotopic (exact) mass is 389 g/mol. The van der Waals surface area contributed by atoms with Crippen LogP contribution >= 0.6 is 0 Å². The van der Waals surface area contributed by atoms with Crippen LogP contribution in [0.1, 0.15) is 37.4 Å². The molecule has 0 bridgehead atoms. The molecule has 3 heterocycles. The molecule has 0 spiro atoms. The van der Waals surface area contributed by atoms with Crippen molar-refractivity contribution in [3.8, 4) is 0 Å². The first-order chi connectivity index (χ1) is 13.6. The van der Waals surface area contributed by atoms with Gasteiger partial charge in [0.05, 0.1) is 11.7 Å². The van der Waals surface area contributed by atoms with E-state index in [1.807, 2.05) is 0 Å². The second-order valence-electron chi connectivity index (χ2n) is 9.12. The van der Waals surface area contributed by atoms with Gasteiger partial charge in [0.1, 0.15) is 24.0 Å². The third-order valence-electron chi connectivity index (χ3n) is 6.95. The first kappa shape index (κ1) is 18.4. The maximum atomic E-state index is 14.1. The van der Waals surface area contributed by atoms with Gasteiger partial charge in [0.25, 0.3) is 0 Å². The molecule has 3 aliphatic heterocycles. The van der Waals surface area contributed by atoms with Crippen LogP contribution in [0.25, 0.3) is 0 Å². The van der Waals surface area contributed by atoms with E-state index in [1.165, 1.54) is 45.0 Å². The van der Waals surface area contributed by atoms with Gasteiger partial charge in [-0.2, -0.15) is 0 Å². The van der Waals surface area contributed by atoms with E-state index >= 15 is 0 Å². The van der Waals surface area contributed by atoms with E-state index in [0.717, 1.165) is 42.8 Å². The first-order valence-electron chi connectivity index (χ1n) is 10.6. The minimum Gasteiger partial charge on any atom is -0.490 e. The van der Waals surface area contributed by atoms with Crippen LogP contribution in [0.15, 0.2) is 30.2 Å². The molecule has 4 aliphatic rings. The fourth-order valence-electron chi connectivity index (χ4n) is 5.23. The Morgan fingerprint density at radius 1 is 1.07 bits per heavy atom. The highest BCUT2D eigenvalue weighted by atomic mass is 19.1. The lowest BCUT2D eigenvalue weighted by Gasteiger charge is -2.40. The van der Waals surface area contributed by atoms with E-state index in [1.54, 1.807) is 6.26 Å². The van der Waals surface area contributed by atoms with E-state index < -0.39 is 17.7 Å². The Hall–Kier alpha value is -1.66. The molecule has 1 aromatic carbocycles. The fourth-order valence-corrected chi connectivity index (χ4v) is 5.23. The van der Waals surface area contributed by atoms with Crippen LogP contribution in [0.5, 0.6) is 0 Å². The summed E-state index contributed by atoms with van der Waals surface area (Å²) in [6, 6.07) is 3.06. The third kappa shape index (κ3) is 3.64. The Bertz CT molecular complexity index is 766. The smallest absolute Gasteiger partial charge is 0.141 e. The van der Waals surface area contributed by atoms with Gasteiger partial charge in [0.2, 0.25) is 0 Å². The van der Waals surface area contributed by atoms with Crippen molar-refractivity contribution in [1.82, 2.24) is 9.80 Å². The van der Waals surface area contributed by atoms with Crippen LogP contribution in [-0.4, -0.2) is 48.6 Å². The molecule has 2 unspecified atom stereocenters. The van der Waals surface area contributed by atoms with Gasteiger partial charge in [-0.1, -0.05) is 0 Å². The van der Waals surface area contributed by atoms with E-state index in [4.69, 9.17) is 10.5 Å². The number of nitrogens with zero attached hydrogens (tertiary/aromatic N) is 2. The molecule has 152 valence electrons. The number of ether oxygens (including phenoxy) is 1. The molecule has 6 heteroatoms. The van der Waals surface area contributed by atoms with Gasteiger partial charge in [-0.15, -0.1) is 0 Å². The van der Waals surface area contributed by atoms with Crippen molar-refractivity contribution in [3.63, 3.8) is 0 Å². The van der Waals surface area contributed by atoms with Gasteiger partial charge in [-0.05, 0) is 55.2 Å². The van der Waals surface area contributed by atoms with E-state index in [2.05, 4.69) is 9.80 Å². The summed E-state index contributed by atoms with van der Waals surface area (Å²) in [6.07, 6.45) is 5.75. The zero-order valence-corrected chi connectivity index (χ0v) is 16.2. The van der Waals surface area contributed by atoms with E-state index in [9.17, 15) is 8.78 Å². The van der Waals surface area contributed by atoms with E-state index in [-0.39, 0.29) is 11.6 Å². The highest BCUT2D eigenvalue weighted by Crippen LogP contribution is 2.38. The highest BCUT2D eigenvalue weighted by molar-refractivity contribution is 5.25. The molecular weight excluding hydrogens is 360 g/mol. The zero-order chi connectivity index (χ0) is 19.3. The Morgan fingerprint density at radius 3 is 2.68 bits per heavy atom. The van der Waals surface area contributed by atoms with Crippen molar-refractivity contribution >= 4 is 0 Å². The molecule has 2 saturated heterocycles. The van der Waals surface area contributed by atoms with Crippen molar-refractivity contribution < 1.29 is 13.5 Å². The lowest BCUT2D eigenvalue weighted by Crippen LogP contribution is -2.43. The van der Waals surface area contributed by atoms with E-state index in [0.29, 0.717) is 12.3 Å². The number of halogens is 2. The van der Waals surface area contributed by atoms with Crippen LogP contribution in [0.3, 0.4) is 0 Å². The van der Waals surface area contributed by atoms with Crippen LogP contribution in [0, 0.1) is 29.4 Å². The van der Waals surface area contributed by atoms with Gasteiger partial charge in [0, 0.05) is 44.7 Å². The molecule has 3 fully saturated rings. The minimum atomic E-state index is -0.641. The van der Waals surface area contributed by atoms with Crippen molar-refractivity contribution in [2.24, 2.45) is 23.5 Å². The number of rotatable bonds is 4. The molecular formula is C22H29F2N3O. The molecule has 0 radical (unpaired) electrons. The quantitative estimate of drug-likeness (QED) is 0.858. The number of hydrogen-bond donors (Lipinski definition) is 1. The van der Waals surface area contributed by atoms with Crippen LogP contribution < -0.4 is 5.73 Å². The van der Waals surface area contributed by atoms with Crippen molar-refractivity contribution in [3.05, 3.63) is 47.4 Å². The van der Waals surface area contributed by atoms with Gasteiger partial charge >= 0.3 is 0 Å². The summed E-state index contributed by atoms with van der Waals surface area (Å²) in [7, 11) is 0. The SMILES string of the molecule is N[C@H]1CC(N2CCC3CN(CC4CC4)CC3C2)=CO[C@@H]1c1cc(F)ccc1F. The van der Waals surface area contributed by atoms with Crippen molar-refractivity contribution in [2.45, 2.75) is 37.8 Å². The fraction of sp³-hybridized carbons (Fsp3) is 0.636. The largest absolute Gasteiger partial charge is 0.490 e. The normalized spacial score (nSPS) is 33.4. The molecule has 2 N–H and O–H groups in total. The Balaban J connectivity index is 1.24. The summed E-state index contributed by atoms with van der Waals surface area (Å²) in [5, 5.41) is 0. The van der Waals surface area contributed by atoms with Crippen molar-refractivity contribution in [2.75, 3.05) is 32.7 Å². The average Bonchev–Trinajstić information content (AvgIpc) is 3.40. The Morgan fingerprint density at radius 2 is 1.89 bits per heavy atom. The van der Waals surface area contributed by atoms with Crippen LogP contribution in [0.2, 0.25) is 0 Å². The summed E-state index contributed by atoms with van der Waals surface area (Å²) in [5.74, 6) is 1.53. The molecule has 1 saturated carbocycles. The summed E-state index contributed by atoms with van der Waals surface area (Å²) in [6.45, 7) is 5.82. The number of likely N-dealkylation sites (tertiary alicyclic amines) is 2. The molecule has 5 rings (SSSR count). The van der Waals surface area contributed by atoms with Gasteiger partial charge in [-0.25, -0.2) is 8.78 Å². The zero-order valence-electron chi connectivity index (χ0n) is 16.2. The molecule has 0 amide bonds. The first-order valence-corrected chi connectivity index (χ1v) is 10.6. The Kier molecular flexibility index (Phi) is 4.79. The number of nitrogens with two attached hydrogens (primary N) is 1. The Labute approximate surface area is 165 Å². The maximum Gasteiger partial charge on any atom is 0.141 e. The summed E-state index contributed by atoms with van der Waals surface area (Å²) in [5.41, 5.74) is 7.63. The molecule has 0 aromatic heterocycles. The molecule has 4 nitrogen and oxygen atoms in total. The average molecular weight is 389 g/mol. The summed E-state index contributed by atoms with van der Waals surface area (Å²) >= 11 is 0. The lowest BCUT2D eigenvalue weighted by atomic mass is 9.87. The summed E-state index contributed by atoms with van der Waals surface area (Å²) < 4.78 is 33.5. The van der Waals surface area contributed by atoms with Gasteiger partial charge in [0.15, 0.2) is 0 Å². The van der Waals surface area contributed by atoms with Gasteiger partial charge < -0.3 is 20.3 Å². The van der Waals surface area contributed by atoms with Crippen molar-refractivity contribution in [1.29, 1.82) is 0 Å². The van der Waals surface area contributed by atoms with Crippen LogP contribution in [0.4, 0.5) is 8.78 Å². The standard InChI is InChI=1S/C22H29F2N3O/c23-17-3-4-20(24)19(7-17)22-21(25)8-18(13-28-22)27-6-5-15-10-26(9-14-1-2-14)11-16(15)12-27/h3-4,7,13-16,21-22H,1-2,5-6,8-12,25H2/t15?,16?,21-,22+/m0/s1. The predicted octanol–water partition coefficient (Wildman–Crippen LogP) is 3.26. The molecule has 4 atom stereocenters. The lowest BCUT2D eigenvalue weighted by molar-refractivity contribution is 0.0743. The molecule has 1 aromatic rings. The predicted molar refractivity (Wildman–Crippen MR) is 103 cm³/mol. The third-order valence-corrected chi connectivity index (χ3v) is 6.95. The molecule has 1 aliphatic carbocycles. The molecule has 28 heavy (non-hydrogen) atoms. The second-order valence-corrected chi connectivity index (χ2v) is 9.12. The number of fused-ring (bicyclic) bond motifs is 1. The minimum absolute atomic E-state index is 0.202. The van der Waals surface area contributed by atoms with Gasteiger partial charge in [-0.3, -0.25) is 0 Å². The second kappa shape index (κ2) is 7.30. The number of piperidine rings is 1. The maximum absolute atomic E-state index is 14.1. The summed E-state index contributed by atoms with van der Waals surface area (Å²) in [4.78, 5) is 5.07. The van der Waals surface area contributed by atoms with Crippen LogP contribution in [-0.2, 0) is 4.74 Å². The highest BCUT2D eigenvalue weighted by Gasteiger charge is 2.40.